The molecule has 1 aliphatic heterocycles. The highest BCUT2D eigenvalue weighted by Gasteiger charge is 2.63. The fourth-order valence-electron chi connectivity index (χ4n) is 8.73. The molecule has 2 unspecified atom stereocenters. The van der Waals surface area contributed by atoms with Gasteiger partial charge in [-0.1, -0.05) is 86.7 Å². The molecule has 180 valence electrons. The van der Waals surface area contributed by atoms with Crippen LogP contribution in [0.3, 0.4) is 0 Å². The second-order valence-electron chi connectivity index (χ2n) is 12.9. The lowest BCUT2D eigenvalue weighted by Crippen LogP contribution is -2.64. The molecule has 3 atom stereocenters. The van der Waals surface area contributed by atoms with Crippen LogP contribution in [-0.4, -0.2) is 29.0 Å². The standard InChI is InChI=1S/C31H40N2S/c1-29(2)21-33(14-13-27(29)32)28(34)31-18-23-16-30(20-31,25-11-7-4-8-12-25)17-24(19-31)26(23)15-22-9-5-3-6-10-22/h3-12,23-24,26-27H,13-21,32H2,1-2H3/t23?,24?,26?,27-,30?,31?/m0/s1. The van der Waals surface area contributed by atoms with E-state index in [4.69, 9.17) is 18.0 Å². The van der Waals surface area contributed by atoms with Crippen LogP contribution in [0.1, 0.15) is 63.5 Å². The van der Waals surface area contributed by atoms with Crippen LogP contribution in [0.2, 0.25) is 0 Å². The molecule has 5 aliphatic rings. The fraction of sp³-hybridized carbons (Fsp3) is 0.581. The van der Waals surface area contributed by atoms with E-state index >= 15 is 0 Å². The summed E-state index contributed by atoms with van der Waals surface area (Å²) in [5.41, 5.74) is 10.2. The number of nitrogens with two attached hydrogens (primary N) is 1. The summed E-state index contributed by atoms with van der Waals surface area (Å²) in [5, 5.41) is 0. The topological polar surface area (TPSA) is 29.3 Å². The molecule has 0 aromatic heterocycles. The molecule has 34 heavy (non-hydrogen) atoms. The Hall–Kier alpha value is -1.71. The third kappa shape index (κ3) is 3.66. The zero-order valence-corrected chi connectivity index (χ0v) is 21.7. The number of nitrogens with zero attached hydrogens (tertiary/aromatic N) is 1. The van der Waals surface area contributed by atoms with Gasteiger partial charge >= 0.3 is 0 Å². The minimum atomic E-state index is 0.123. The van der Waals surface area contributed by atoms with Crippen LogP contribution in [0.15, 0.2) is 60.7 Å². The molecular weight excluding hydrogens is 432 g/mol. The first-order chi connectivity index (χ1) is 16.3. The van der Waals surface area contributed by atoms with Gasteiger partial charge in [0.2, 0.25) is 0 Å². The van der Waals surface area contributed by atoms with E-state index in [1.807, 2.05) is 0 Å². The van der Waals surface area contributed by atoms with Gasteiger partial charge in [0.15, 0.2) is 0 Å². The monoisotopic (exact) mass is 472 g/mol. The van der Waals surface area contributed by atoms with Crippen molar-refractivity contribution in [1.82, 2.24) is 4.90 Å². The van der Waals surface area contributed by atoms with Crippen LogP contribution < -0.4 is 5.73 Å². The maximum Gasteiger partial charge on any atom is 0.0842 e. The molecule has 4 bridgehead atoms. The molecule has 4 aliphatic carbocycles. The molecule has 4 saturated carbocycles. The molecule has 0 spiro atoms. The number of piperidine rings is 1. The molecular formula is C31H40N2S. The summed E-state index contributed by atoms with van der Waals surface area (Å²) in [5.74, 6) is 2.32. The number of benzene rings is 2. The zero-order valence-electron chi connectivity index (χ0n) is 20.9. The highest BCUT2D eigenvalue weighted by molar-refractivity contribution is 7.80. The van der Waals surface area contributed by atoms with Gasteiger partial charge in [0.05, 0.1) is 4.99 Å². The van der Waals surface area contributed by atoms with Gasteiger partial charge in [-0.25, -0.2) is 0 Å². The summed E-state index contributed by atoms with van der Waals surface area (Å²) >= 11 is 6.46. The molecule has 2 aromatic carbocycles. The van der Waals surface area contributed by atoms with Crippen molar-refractivity contribution < 1.29 is 0 Å². The van der Waals surface area contributed by atoms with Crippen molar-refractivity contribution in [2.24, 2.45) is 34.3 Å². The van der Waals surface area contributed by atoms with Gasteiger partial charge in [-0.2, -0.15) is 0 Å². The largest absolute Gasteiger partial charge is 0.365 e. The average Bonchev–Trinajstić information content (AvgIpc) is 2.83. The van der Waals surface area contributed by atoms with Crippen LogP contribution in [0.25, 0.3) is 0 Å². The van der Waals surface area contributed by atoms with Crippen molar-refractivity contribution in [2.75, 3.05) is 13.1 Å². The Balaban J connectivity index is 1.34. The highest BCUT2D eigenvalue weighted by Crippen LogP contribution is 2.68. The van der Waals surface area contributed by atoms with E-state index in [1.165, 1.54) is 49.1 Å². The molecule has 1 saturated heterocycles. The van der Waals surface area contributed by atoms with E-state index in [2.05, 4.69) is 79.4 Å². The number of thiocarbonyl (C=S) groups is 1. The van der Waals surface area contributed by atoms with Gasteiger partial charge in [0, 0.05) is 24.5 Å². The molecule has 2 nitrogen and oxygen atoms in total. The van der Waals surface area contributed by atoms with Crippen LogP contribution in [0.5, 0.6) is 0 Å². The van der Waals surface area contributed by atoms with Gasteiger partial charge in [0.25, 0.3) is 0 Å². The van der Waals surface area contributed by atoms with Crippen LogP contribution in [0.4, 0.5) is 0 Å². The Morgan fingerprint density at radius 1 is 0.941 bits per heavy atom. The quantitative estimate of drug-likeness (QED) is 0.524. The highest BCUT2D eigenvalue weighted by atomic mass is 32.1. The third-order valence-electron chi connectivity index (χ3n) is 10.3. The van der Waals surface area contributed by atoms with E-state index in [0.29, 0.717) is 5.41 Å². The van der Waals surface area contributed by atoms with E-state index < -0.39 is 0 Å². The predicted molar refractivity (Wildman–Crippen MR) is 145 cm³/mol. The minimum absolute atomic E-state index is 0.123. The second kappa shape index (κ2) is 8.17. The number of likely N-dealkylation sites (tertiary alicyclic amines) is 1. The first-order valence-electron chi connectivity index (χ1n) is 13.4. The summed E-state index contributed by atoms with van der Waals surface area (Å²) in [4.78, 5) is 3.86. The maximum atomic E-state index is 6.50. The van der Waals surface area contributed by atoms with Gasteiger partial charge in [0.1, 0.15) is 0 Å². The second-order valence-corrected chi connectivity index (χ2v) is 13.3. The van der Waals surface area contributed by atoms with E-state index in [1.54, 1.807) is 5.56 Å². The predicted octanol–water partition coefficient (Wildman–Crippen LogP) is 6.38. The molecule has 1 heterocycles. The Kier molecular flexibility index (Phi) is 5.46. The van der Waals surface area contributed by atoms with Crippen LogP contribution >= 0.6 is 12.2 Å². The van der Waals surface area contributed by atoms with Crippen molar-refractivity contribution in [1.29, 1.82) is 0 Å². The molecule has 0 radical (unpaired) electrons. The van der Waals surface area contributed by atoms with Crippen molar-refractivity contribution in [3.63, 3.8) is 0 Å². The van der Waals surface area contributed by atoms with E-state index in [0.717, 1.165) is 37.3 Å². The molecule has 0 amide bonds. The molecule has 3 heteroatoms. The molecule has 5 fully saturated rings. The lowest BCUT2D eigenvalue weighted by Gasteiger charge is -2.66. The van der Waals surface area contributed by atoms with Crippen LogP contribution in [-0.2, 0) is 11.8 Å². The van der Waals surface area contributed by atoms with Crippen molar-refractivity contribution >= 4 is 17.2 Å². The minimum Gasteiger partial charge on any atom is -0.365 e. The lowest BCUT2D eigenvalue weighted by molar-refractivity contribution is -0.0845. The maximum absolute atomic E-state index is 6.50. The van der Waals surface area contributed by atoms with E-state index in [-0.39, 0.29) is 16.9 Å². The zero-order chi connectivity index (χ0) is 23.6. The number of hydrogen-bond donors (Lipinski definition) is 1. The summed E-state index contributed by atoms with van der Waals surface area (Å²) in [6.45, 7) is 6.70. The van der Waals surface area contributed by atoms with E-state index in [9.17, 15) is 0 Å². The Morgan fingerprint density at radius 2 is 1.56 bits per heavy atom. The Bertz CT molecular complexity index is 1030. The summed E-state index contributed by atoms with van der Waals surface area (Å²) in [6.07, 6.45) is 8.79. The first-order valence-corrected chi connectivity index (χ1v) is 13.9. The molecule has 2 N–H and O–H groups in total. The fourth-order valence-corrected chi connectivity index (χ4v) is 9.12. The van der Waals surface area contributed by atoms with Gasteiger partial charge in [-0.3, -0.25) is 0 Å². The van der Waals surface area contributed by atoms with Crippen LogP contribution in [0, 0.1) is 28.6 Å². The van der Waals surface area contributed by atoms with Gasteiger partial charge in [-0.05, 0) is 84.7 Å². The lowest BCUT2D eigenvalue weighted by atomic mass is 9.39. The Labute approximate surface area is 211 Å². The van der Waals surface area contributed by atoms with Crippen molar-refractivity contribution in [2.45, 2.75) is 70.3 Å². The summed E-state index contributed by atoms with van der Waals surface area (Å²) < 4.78 is 0. The molecule has 2 aromatic rings. The SMILES string of the molecule is CC1(C)CN(C(=S)C23CC4CC(c5ccccc5)(CC(C2)C4Cc2ccccc2)C3)CC[C@@H]1N. The number of rotatable bonds is 4. The number of hydrogen-bond acceptors (Lipinski definition) is 2. The van der Waals surface area contributed by atoms with Crippen molar-refractivity contribution in [3.05, 3.63) is 71.8 Å². The third-order valence-corrected chi connectivity index (χ3v) is 10.9. The van der Waals surface area contributed by atoms with Crippen molar-refractivity contribution in [3.8, 4) is 0 Å². The average molecular weight is 473 g/mol. The summed E-state index contributed by atoms with van der Waals surface area (Å²) in [7, 11) is 0. The smallest absolute Gasteiger partial charge is 0.0842 e. The summed E-state index contributed by atoms with van der Waals surface area (Å²) in [6, 6.07) is 22.9. The first kappa shape index (κ1) is 22.7. The normalized spacial score (nSPS) is 38.1. The Morgan fingerprint density at radius 3 is 2.18 bits per heavy atom. The van der Waals surface area contributed by atoms with Gasteiger partial charge in [-0.15, -0.1) is 0 Å². The van der Waals surface area contributed by atoms with Gasteiger partial charge < -0.3 is 10.6 Å². The molecule has 7 rings (SSSR count).